The van der Waals surface area contributed by atoms with Crippen molar-refractivity contribution in [2.24, 2.45) is 11.8 Å². The summed E-state index contributed by atoms with van der Waals surface area (Å²) in [5, 5.41) is 0. The number of rotatable bonds is 5. The van der Waals surface area contributed by atoms with Gasteiger partial charge in [0.05, 0.1) is 11.4 Å². The zero-order valence-corrected chi connectivity index (χ0v) is 32.0. The van der Waals surface area contributed by atoms with E-state index >= 15 is 0 Å². The van der Waals surface area contributed by atoms with E-state index in [0.29, 0.717) is 11.8 Å². The lowest BCUT2D eigenvalue weighted by atomic mass is 9.67. The summed E-state index contributed by atoms with van der Waals surface area (Å²) in [5.74, 6) is 3.15. The Hall–Kier alpha value is -6.44. The van der Waals surface area contributed by atoms with Gasteiger partial charge in [0.2, 0.25) is 0 Å². The highest BCUT2D eigenvalue weighted by atomic mass is 15.1. The first-order chi connectivity index (χ1) is 28.3. The van der Waals surface area contributed by atoms with E-state index in [-0.39, 0.29) is 0 Å². The molecule has 0 aromatic heterocycles. The third kappa shape index (κ3) is 5.22. The fourth-order valence-corrected chi connectivity index (χ4v) is 11.4. The highest BCUT2D eigenvalue weighted by Crippen LogP contribution is 2.62. The van der Waals surface area contributed by atoms with Gasteiger partial charge in [0.15, 0.2) is 0 Å². The molecule has 272 valence electrons. The summed E-state index contributed by atoms with van der Waals surface area (Å²) in [6.07, 6.45) is 5.55. The summed E-state index contributed by atoms with van der Waals surface area (Å²) in [6.45, 7) is 0. The second kappa shape index (κ2) is 13.1. The van der Waals surface area contributed by atoms with Crippen molar-refractivity contribution in [3.63, 3.8) is 0 Å². The van der Waals surface area contributed by atoms with Gasteiger partial charge in [-0.25, -0.2) is 0 Å². The Balaban J connectivity index is 1.13. The van der Waals surface area contributed by atoms with Crippen LogP contribution in [-0.4, -0.2) is 0 Å². The third-order valence-electron chi connectivity index (χ3n) is 13.8. The third-order valence-corrected chi connectivity index (χ3v) is 13.8. The molecule has 3 bridgehead atoms. The first-order valence-electron chi connectivity index (χ1n) is 20.9. The van der Waals surface area contributed by atoms with Crippen LogP contribution in [0, 0.1) is 11.8 Å². The Bertz CT molecular complexity index is 2810. The van der Waals surface area contributed by atoms with Crippen molar-refractivity contribution < 1.29 is 0 Å². The van der Waals surface area contributed by atoms with Crippen LogP contribution in [0.25, 0.3) is 66.8 Å². The maximum absolute atomic E-state index is 2.66. The van der Waals surface area contributed by atoms with Crippen LogP contribution in [-0.2, 0) is 0 Å². The number of fused-ring (bicyclic) bond motifs is 13. The van der Waals surface area contributed by atoms with Crippen LogP contribution < -0.4 is 4.90 Å². The van der Waals surface area contributed by atoms with Crippen LogP contribution in [0.2, 0.25) is 0 Å². The molecule has 0 spiro atoms. The van der Waals surface area contributed by atoms with Crippen molar-refractivity contribution in [2.75, 3.05) is 4.90 Å². The van der Waals surface area contributed by atoms with Crippen molar-refractivity contribution in [1.29, 1.82) is 0 Å². The number of benzene rings is 8. The zero-order valence-electron chi connectivity index (χ0n) is 32.0. The molecule has 0 N–H and O–H groups in total. The van der Waals surface area contributed by atoms with Gasteiger partial charge in [0, 0.05) is 16.8 Å². The van der Waals surface area contributed by atoms with E-state index in [1.807, 2.05) is 0 Å². The molecular weight excluding hydrogens is 687 g/mol. The first-order valence-corrected chi connectivity index (χ1v) is 20.9. The molecule has 0 radical (unpaired) electrons. The van der Waals surface area contributed by atoms with Gasteiger partial charge >= 0.3 is 0 Å². The molecule has 2 saturated carbocycles. The van der Waals surface area contributed by atoms with Crippen molar-refractivity contribution in [3.8, 4) is 66.8 Å². The van der Waals surface area contributed by atoms with Gasteiger partial charge in [-0.3, -0.25) is 0 Å². The van der Waals surface area contributed by atoms with Crippen molar-refractivity contribution >= 4 is 17.1 Å². The minimum Gasteiger partial charge on any atom is -0.309 e. The van der Waals surface area contributed by atoms with Gasteiger partial charge < -0.3 is 4.90 Å². The summed E-state index contributed by atoms with van der Waals surface area (Å²) in [6, 6.07) is 70.4. The van der Waals surface area contributed by atoms with Crippen molar-refractivity contribution in [1.82, 2.24) is 0 Å². The lowest BCUT2D eigenvalue weighted by molar-refractivity contribution is 0.296. The topological polar surface area (TPSA) is 3.24 Å². The monoisotopic (exact) mass is 729 g/mol. The van der Waals surface area contributed by atoms with Gasteiger partial charge in [-0.15, -0.1) is 0 Å². The minimum atomic E-state index is 0.700. The molecule has 8 aromatic rings. The van der Waals surface area contributed by atoms with Gasteiger partial charge in [-0.2, -0.15) is 0 Å². The molecule has 8 aromatic carbocycles. The average molecular weight is 730 g/mol. The maximum atomic E-state index is 2.66. The first kappa shape index (κ1) is 32.8. The fraction of sp³-hybridized carbons (Fsp3) is 0.143. The predicted molar refractivity (Wildman–Crippen MR) is 238 cm³/mol. The Morgan fingerprint density at radius 2 is 0.895 bits per heavy atom. The molecule has 57 heavy (non-hydrogen) atoms. The van der Waals surface area contributed by atoms with Crippen LogP contribution in [0.15, 0.2) is 188 Å². The standard InChI is InChI=1S/C56H43N/c1-3-14-37(15-4-1)38-26-28-42(29-27-38)57(54-24-12-11-18-43(54)39-16-5-2-6-17-39)55-25-13-23-48-44-19-7-8-20-45(44)51-34-50-41-31-36-30-40(33-41)49(32-36)53(50)35-52(51)46-21-9-10-22-47(46)56(48)55/h1-29,34-36,40-41,49H,30-33H2. The van der Waals surface area contributed by atoms with E-state index < -0.39 is 0 Å². The summed E-state index contributed by atoms with van der Waals surface area (Å²) < 4.78 is 0. The van der Waals surface area contributed by atoms with Gasteiger partial charge in [0.1, 0.15) is 0 Å². The molecule has 4 aliphatic rings. The normalized spacial score (nSPS) is 19.3. The second-order valence-electron chi connectivity index (χ2n) is 16.8. The van der Waals surface area contributed by atoms with Gasteiger partial charge in [0.25, 0.3) is 0 Å². The van der Waals surface area contributed by atoms with Gasteiger partial charge in [-0.05, 0) is 153 Å². The Labute approximate surface area is 335 Å². The summed E-state index contributed by atoms with van der Waals surface area (Å²) in [7, 11) is 0. The smallest absolute Gasteiger partial charge is 0.0546 e. The van der Waals surface area contributed by atoms with Crippen LogP contribution in [0.5, 0.6) is 0 Å². The molecular formula is C56H43N. The molecule has 4 aliphatic carbocycles. The Kier molecular flexibility index (Phi) is 7.51. The highest BCUT2D eigenvalue weighted by Gasteiger charge is 2.47. The van der Waals surface area contributed by atoms with Crippen LogP contribution in [0.4, 0.5) is 17.1 Å². The average Bonchev–Trinajstić information content (AvgIpc) is 3.52. The van der Waals surface area contributed by atoms with E-state index in [0.717, 1.165) is 23.2 Å². The molecule has 0 saturated heterocycles. The van der Waals surface area contributed by atoms with E-state index in [1.165, 1.54) is 98.1 Å². The lowest BCUT2D eigenvalue weighted by Crippen LogP contribution is -2.22. The molecule has 0 amide bonds. The molecule has 0 aliphatic heterocycles. The predicted octanol–water partition coefficient (Wildman–Crippen LogP) is 15.5. The van der Waals surface area contributed by atoms with Crippen molar-refractivity contribution in [3.05, 3.63) is 199 Å². The van der Waals surface area contributed by atoms with Crippen LogP contribution in [0.1, 0.15) is 48.6 Å². The zero-order chi connectivity index (χ0) is 37.5. The van der Waals surface area contributed by atoms with Crippen molar-refractivity contribution in [2.45, 2.75) is 37.5 Å². The van der Waals surface area contributed by atoms with Crippen LogP contribution in [0.3, 0.4) is 0 Å². The molecule has 1 heteroatoms. The van der Waals surface area contributed by atoms with Gasteiger partial charge in [-0.1, -0.05) is 152 Å². The number of hydrogen-bond acceptors (Lipinski definition) is 1. The summed E-state index contributed by atoms with van der Waals surface area (Å²) in [5.41, 5.74) is 22.1. The molecule has 4 atom stereocenters. The lowest BCUT2D eigenvalue weighted by Gasteiger charge is -2.37. The minimum absolute atomic E-state index is 0.700. The second-order valence-corrected chi connectivity index (χ2v) is 16.8. The molecule has 0 heterocycles. The molecule has 1 nitrogen and oxygen atoms in total. The van der Waals surface area contributed by atoms with E-state index in [9.17, 15) is 0 Å². The highest BCUT2D eigenvalue weighted by molar-refractivity contribution is 6.08. The molecule has 2 fully saturated rings. The Morgan fingerprint density at radius 1 is 0.351 bits per heavy atom. The maximum Gasteiger partial charge on any atom is 0.0546 e. The quantitative estimate of drug-likeness (QED) is 0.170. The molecule has 4 unspecified atom stereocenters. The van der Waals surface area contributed by atoms with E-state index in [2.05, 4.69) is 193 Å². The number of hydrogen-bond donors (Lipinski definition) is 0. The number of anilines is 3. The summed E-state index contributed by atoms with van der Waals surface area (Å²) >= 11 is 0. The number of nitrogens with zero attached hydrogens (tertiary/aromatic N) is 1. The number of para-hydroxylation sites is 1. The molecule has 12 rings (SSSR count). The largest absolute Gasteiger partial charge is 0.309 e. The van der Waals surface area contributed by atoms with E-state index in [1.54, 1.807) is 11.1 Å². The SMILES string of the molecule is c1ccc(-c2ccc(N(c3ccccc3-c3ccccc3)c3cccc4c3-c3ccccc3-c3cc5c(cc3-c3ccccc3-4)C3CC4CC(C3)C5C4)cc2)cc1. The Morgan fingerprint density at radius 3 is 1.63 bits per heavy atom. The summed E-state index contributed by atoms with van der Waals surface area (Å²) in [4.78, 5) is 2.51. The van der Waals surface area contributed by atoms with Crippen LogP contribution >= 0.6 is 0 Å². The fourth-order valence-electron chi connectivity index (χ4n) is 11.4. The van der Waals surface area contributed by atoms with E-state index in [4.69, 9.17) is 0 Å².